The summed E-state index contributed by atoms with van der Waals surface area (Å²) in [6.45, 7) is 0. The number of ether oxygens (including phenoxy) is 1. The number of carbonyl (C=O) groups excluding carboxylic acids is 2. The van der Waals surface area contributed by atoms with Crippen molar-refractivity contribution < 1.29 is 14.3 Å². The molecule has 2 aliphatic heterocycles. The van der Waals surface area contributed by atoms with Crippen LogP contribution in [0.25, 0.3) is 0 Å². The standard InChI is InChI=1S/C12H11BrN2O3/c13-7-5-6(1-2-8(7)14)15-11(16)9-3-4-10(18-9)12(15)17/h1-2,5,9-10H,3-4,14H2. The van der Waals surface area contributed by atoms with Crippen molar-refractivity contribution in [2.24, 2.45) is 0 Å². The SMILES string of the molecule is Nc1ccc(N2C(=O)C3CCC(O3)C2=O)cc1Br. The van der Waals surface area contributed by atoms with Gasteiger partial charge in [0.25, 0.3) is 11.8 Å². The molecule has 2 heterocycles. The van der Waals surface area contributed by atoms with Crippen LogP contribution in [0.1, 0.15) is 12.8 Å². The molecule has 1 aromatic carbocycles. The van der Waals surface area contributed by atoms with Gasteiger partial charge >= 0.3 is 0 Å². The van der Waals surface area contributed by atoms with E-state index in [0.717, 1.165) is 0 Å². The number of rotatable bonds is 1. The van der Waals surface area contributed by atoms with E-state index in [9.17, 15) is 9.59 Å². The largest absolute Gasteiger partial charge is 0.398 e. The lowest BCUT2D eigenvalue weighted by atomic mass is 10.2. The first-order valence-electron chi connectivity index (χ1n) is 5.66. The zero-order valence-corrected chi connectivity index (χ0v) is 11.0. The highest BCUT2D eigenvalue weighted by Crippen LogP contribution is 2.33. The minimum Gasteiger partial charge on any atom is -0.398 e. The molecule has 1 aromatic rings. The number of nitrogens with two attached hydrogens (primary N) is 1. The maximum absolute atomic E-state index is 12.1. The van der Waals surface area contributed by atoms with Crippen LogP contribution in [-0.2, 0) is 14.3 Å². The molecule has 0 spiro atoms. The van der Waals surface area contributed by atoms with Gasteiger partial charge in [-0.1, -0.05) is 0 Å². The summed E-state index contributed by atoms with van der Waals surface area (Å²) in [5.74, 6) is -0.573. The number of imide groups is 1. The van der Waals surface area contributed by atoms with Crippen LogP contribution in [0.4, 0.5) is 11.4 Å². The first kappa shape index (κ1) is 11.7. The number of carbonyl (C=O) groups is 2. The predicted octanol–water partition coefficient (Wildman–Crippen LogP) is 1.45. The van der Waals surface area contributed by atoms with E-state index in [4.69, 9.17) is 10.5 Å². The van der Waals surface area contributed by atoms with E-state index in [1.54, 1.807) is 18.2 Å². The Bertz CT molecular complexity index is 524. The van der Waals surface area contributed by atoms with E-state index in [2.05, 4.69) is 15.9 Å². The molecule has 2 aliphatic rings. The molecule has 2 bridgehead atoms. The molecule has 0 radical (unpaired) electrons. The second kappa shape index (κ2) is 4.07. The fraction of sp³-hybridized carbons (Fsp3) is 0.333. The van der Waals surface area contributed by atoms with E-state index < -0.39 is 12.2 Å². The third kappa shape index (κ3) is 1.64. The highest BCUT2D eigenvalue weighted by molar-refractivity contribution is 9.10. The highest BCUT2D eigenvalue weighted by atomic mass is 79.9. The maximum atomic E-state index is 12.1. The van der Waals surface area contributed by atoms with Crippen LogP contribution >= 0.6 is 15.9 Å². The van der Waals surface area contributed by atoms with Crippen molar-refractivity contribution in [1.82, 2.24) is 0 Å². The van der Waals surface area contributed by atoms with Crippen molar-refractivity contribution in [3.05, 3.63) is 22.7 Å². The Balaban J connectivity index is 2.02. The molecule has 3 rings (SSSR count). The molecule has 0 aliphatic carbocycles. The van der Waals surface area contributed by atoms with Gasteiger partial charge in [0, 0.05) is 10.2 Å². The second-order valence-electron chi connectivity index (χ2n) is 4.41. The monoisotopic (exact) mass is 310 g/mol. The van der Waals surface area contributed by atoms with Gasteiger partial charge in [-0.25, -0.2) is 4.90 Å². The van der Waals surface area contributed by atoms with E-state index in [1.165, 1.54) is 4.90 Å². The summed E-state index contributed by atoms with van der Waals surface area (Å²) < 4.78 is 6.02. The number of hydrogen-bond donors (Lipinski definition) is 1. The third-order valence-corrected chi connectivity index (χ3v) is 3.94. The topological polar surface area (TPSA) is 72.6 Å². The molecule has 5 nitrogen and oxygen atoms in total. The van der Waals surface area contributed by atoms with Gasteiger partial charge in [-0.3, -0.25) is 9.59 Å². The third-order valence-electron chi connectivity index (χ3n) is 3.25. The van der Waals surface area contributed by atoms with Crippen LogP contribution in [0.2, 0.25) is 0 Å². The number of anilines is 2. The first-order chi connectivity index (χ1) is 8.58. The van der Waals surface area contributed by atoms with Gasteiger partial charge in [-0.05, 0) is 47.0 Å². The Morgan fingerprint density at radius 3 is 2.39 bits per heavy atom. The number of nitrogens with zero attached hydrogens (tertiary/aromatic N) is 1. The molecular formula is C12H11BrN2O3. The molecule has 0 aromatic heterocycles. The average Bonchev–Trinajstić information content (AvgIpc) is 2.78. The summed E-state index contributed by atoms with van der Waals surface area (Å²) >= 11 is 3.29. The lowest BCUT2D eigenvalue weighted by molar-refractivity contribution is -0.146. The van der Waals surface area contributed by atoms with Gasteiger partial charge in [-0.2, -0.15) is 0 Å². The van der Waals surface area contributed by atoms with Crippen molar-refractivity contribution in [2.45, 2.75) is 25.0 Å². The molecule has 2 N–H and O–H groups in total. The molecule has 2 fully saturated rings. The zero-order chi connectivity index (χ0) is 12.9. The lowest BCUT2D eigenvalue weighted by Crippen LogP contribution is -2.52. The second-order valence-corrected chi connectivity index (χ2v) is 5.26. The summed E-state index contributed by atoms with van der Waals surface area (Å²) in [5, 5.41) is 0. The fourth-order valence-electron chi connectivity index (χ4n) is 2.31. The number of nitrogen functional groups attached to an aromatic ring is 1. The van der Waals surface area contributed by atoms with Crippen LogP contribution in [0.3, 0.4) is 0 Å². The van der Waals surface area contributed by atoms with E-state index in [-0.39, 0.29) is 11.8 Å². The highest BCUT2D eigenvalue weighted by Gasteiger charge is 2.47. The fourth-order valence-corrected chi connectivity index (χ4v) is 2.67. The zero-order valence-electron chi connectivity index (χ0n) is 9.43. The number of halogens is 1. The Morgan fingerprint density at radius 2 is 1.83 bits per heavy atom. The molecule has 18 heavy (non-hydrogen) atoms. The van der Waals surface area contributed by atoms with E-state index in [0.29, 0.717) is 28.7 Å². The van der Waals surface area contributed by atoms with Crippen LogP contribution in [0.15, 0.2) is 22.7 Å². The number of hydrogen-bond acceptors (Lipinski definition) is 4. The van der Waals surface area contributed by atoms with Crippen molar-refractivity contribution in [2.75, 3.05) is 10.6 Å². The molecule has 6 heteroatoms. The summed E-state index contributed by atoms with van der Waals surface area (Å²) in [6.07, 6.45) is 0.261. The Morgan fingerprint density at radius 1 is 1.22 bits per heavy atom. The summed E-state index contributed by atoms with van der Waals surface area (Å²) in [4.78, 5) is 25.5. The summed E-state index contributed by atoms with van der Waals surface area (Å²) in [7, 11) is 0. The molecule has 0 saturated carbocycles. The molecule has 2 atom stereocenters. The van der Waals surface area contributed by atoms with E-state index >= 15 is 0 Å². The predicted molar refractivity (Wildman–Crippen MR) is 68.9 cm³/mol. The van der Waals surface area contributed by atoms with Crippen molar-refractivity contribution in [3.8, 4) is 0 Å². The number of benzene rings is 1. The van der Waals surface area contributed by atoms with Gasteiger partial charge in [-0.15, -0.1) is 0 Å². The Kier molecular flexibility index (Phi) is 2.64. The summed E-state index contributed by atoms with van der Waals surface area (Å²) in [6, 6.07) is 5.01. The molecule has 2 unspecified atom stereocenters. The average molecular weight is 311 g/mol. The molecule has 94 valence electrons. The van der Waals surface area contributed by atoms with Gasteiger partial charge in [0.15, 0.2) is 0 Å². The van der Waals surface area contributed by atoms with Gasteiger partial charge in [0.2, 0.25) is 0 Å². The Labute approximate surface area is 112 Å². The normalized spacial score (nSPS) is 26.8. The van der Waals surface area contributed by atoms with Crippen molar-refractivity contribution in [1.29, 1.82) is 0 Å². The van der Waals surface area contributed by atoms with Crippen molar-refractivity contribution in [3.63, 3.8) is 0 Å². The molecular weight excluding hydrogens is 300 g/mol. The maximum Gasteiger partial charge on any atom is 0.262 e. The minimum atomic E-state index is -0.482. The quantitative estimate of drug-likeness (QED) is 0.629. The van der Waals surface area contributed by atoms with Crippen LogP contribution in [-0.4, -0.2) is 24.0 Å². The smallest absolute Gasteiger partial charge is 0.262 e. The number of fused-ring (bicyclic) bond motifs is 2. The number of amides is 2. The van der Waals surface area contributed by atoms with Crippen LogP contribution in [0, 0.1) is 0 Å². The van der Waals surface area contributed by atoms with Gasteiger partial charge < -0.3 is 10.5 Å². The number of morpholine rings is 1. The van der Waals surface area contributed by atoms with Crippen LogP contribution in [0.5, 0.6) is 0 Å². The molecule has 2 saturated heterocycles. The van der Waals surface area contributed by atoms with E-state index in [1.807, 2.05) is 0 Å². The Hall–Kier alpha value is -1.40. The lowest BCUT2D eigenvalue weighted by Gasteiger charge is -2.30. The van der Waals surface area contributed by atoms with Crippen molar-refractivity contribution >= 4 is 39.1 Å². The van der Waals surface area contributed by atoms with Gasteiger partial charge in [0.05, 0.1) is 5.69 Å². The van der Waals surface area contributed by atoms with Crippen LogP contribution < -0.4 is 10.6 Å². The molecule has 2 amide bonds. The van der Waals surface area contributed by atoms with Gasteiger partial charge in [0.1, 0.15) is 12.2 Å². The first-order valence-corrected chi connectivity index (χ1v) is 6.45. The minimum absolute atomic E-state index is 0.287. The summed E-state index contributed by atoms with van der Waals surface area (Å²) in [5.41, 5.74) is 6.79.